The van der Waals surface area contributed by atoms with E-state index in [9.17, 15) is 24.3 Å². The first-order chi connectivity index (χ1) is 29.1. The number of nitrogens with one attached hydrogen (secondary N) is 4. The number of carbonyl (C=O) groups is 4. The number of H-pyrrole nitrogens is 2. The number of thiophene rings is 2. The van der Waals surface area contributed by atoms with Gasteiger partial charge in [0.25, 0.3) is 5.91 Å². The largest absolute Gasteiger partial charge is 0.465 e. The molecular weight excluding hydrogens is 801 g/mol. The third-order valence-corrected chi connectivity index (χ3v) is 13.2. The van der Waals surface area contributed by atoms with E-state index in [1.165, 1.54) is 7.11 Å². The average Bonchev–Trinajstić information content (AvgIpc) is 4.11. The molecule has 0 saturated carbocycles. The number of amides is 4. The van der Waals surface area contributed by atoms with Gasteiger partial charge in [-0.05, 0) is 54.2 Å². The zero-order valence-electron chi connectivity index (χ0n) is 33.2. The molecule has 0 bridgehead atoms. The molecule has 14 nitrogen and oxygen atoms in total. The number of aromatic nitrogens is 4. The third-order valence-electron chi connectivity index (χ3n) is 11.1. The van der Waals surface area contributed by atoms with Crippen molar-refractivity contribution in [3.05, 3.63) is 106 Å². The lowest BCUT2D eigenvalue weighted by Gasteiger charge is -2.29. The van der Waals surface area contributed by atoms with Crippen LogP contribution >= 0.6 is 22.7 Å². The van der Waals surface area contributed by atoms with Crippen molar-refractivity contribution in [2.24, 2.45) is 5.92 Å². The van der Waals surface area contributed by atoms with E-state index < -0.39 is 24.3 Å². The van der Waals surface area contributed by atoms with Gasteiger partial charge in [0, 0.05) is 29.4 Å². The van der Waals surface area contributed by atoms with Crippen LogP contribution in [0, 0.1) is 17.8 Å². The van der Waals surface area contributed by atoms with Crippen LogP contribution in [0.5, 0.6) is 0 Å². The molecule has 2 aliphatic rings. The maximum Gasteiger partial charge on any atom is 0.407 e. The summed E-state index contributed by atoms with van der Waals surface area (Å²) in [4.78, 5) is 70.4. The van der Waals surface area contributed by atoms with E-state index in [4.69, 9.17) is 4.74 Å². The number of carboxylic acid groups (broad SMARTS) is 1. The minimum atomic E-state index is -1.21. The highest BCUT2D eigenvalue weighted by atomic mass is 32.1. The Labute approximate surface area is 354 Å². The molecule has 8 rings (SSSR count). The Hall–Kier alpha value is -6.44. The second-order valence-electron chi connectivity index (χ2n) is 15.2. The van der Waals surface area contributed by atoms with E-state index in [2.05, 4.69) is 77.4 Å². The van der Waals surface area contributed by atoms with E-state index in [-0.39, 0.29) is 29.8 Å². The molecule has 6 heterocycles. The number of aromatic amines is 2. The molecule has 0 spiro atoms. The van der Waals surface area contributed by atoms with Crippen LogP contribution in [0.1, 0.15) is 86.1 Å². The Balaban J connectivity index is 0.943. The van der Waals surface area contributed by atoms with E-state index >= 15 is 0 Å². The SMILES string of the molecule is COC(=O)N[C@@H](C(=O)N1CCCC1c1ncc(C#Cc2csc3c(-c4ccc(-c5cnc(C6CCCN6C(=O)[C@@H](NC(=O)O)C(C)C)[nH]5)cc4)csc23)[nH]1)c1ccccc1. The van der Waals surface area contributed by atoms with Gasteiger partial charge in [-0.25, -0.2) is 19.6 Å². The normalized spacial score (nSPS) is 17.3. The topological polar surface area (TPSA) is 186 Å². The number of alkyl carbamates (subject to hydrolysis) is 1. The van der Waals surface area contributed by atoms with E-state index in [1.807, 2.05) is 44.2 Å². The monoisotopic (exact) mass is 844 g/mol. The van der Waals surface area contributed by atoms with Gasteiger partial charge >= 0.3 is 12.2 Å². The molecule has 16 heteroatoms. The third kappa shape index (κ3) is 8.23. The van der Waals surface area contributed by atoms with Gasteiger partial charge in [0.1, 0.15) is 29.4 Å². The molecule has 2 fully saturated rings. The first-order valence-electron chi connectivity index (χ1n) is 19.8. The van der Waals surface area contributed by atoms with Gasteiger partial charge in [0.05, 0.1) is 52.2 Å². The fraction of sp³-hybridized carbons (Fsp3) is 0.318. The summed E-state index contributed by atoms with van der Waals surface area (Å²) in [7, 11) is 1.27. The fourth-order valence-electron chi connectivity index (χ4n) is 8.02. The van der Waals surface area contributed by atoms with Crippen LogP contribution in [-0.4, -0.2) is 85.1 Å². The van der Waals surface area contributed by atoms with Gasteiger partial charge in [-0.2, -0.15) is 0 Å². The molecular formula is C44H44N8O6S2. The number of likely N-dealkylation sites (tertiary alicyclic amines) is 2. The Kier molecular flexibility index (Phi) is 11.7. The van der Waals surface area contributed by atoms with Crippen LogP contribution in [0.2, 0.25) is 0 Å². The van der Waals surface area contributed by atoms with Gasteiger partial charge in [0.2, 0.25) is 5.91 Å². The smallest absolute Gasteiger partial charge is 0.407 e. The number of benzene rings is 2. The molecule has 2 aromatic carbocycles. The molecule has 60 heavy (non-hydrogen) atoms. The summed E-state index contributed by atoms with van der Waals surface area (Å²) >= 11 is 3.31. The molecule has 2 saturated heterocycles. The zero-order chi connectivity index (χ0) is 41.9. The lowest BCUT2D eigenvalue weighted by Crippen LogP contribution is -2.50. The maximum atomic E-state index is 13.9. The number of ether oxygens (including phenoxy) is 1. The van der Waals surface area contributed by atoms with E-state index in [1.54, 1.807) is 44.9 Å². The van der Waals surface area contributed by atoms with Crippen LogP contribution in [-0.2, 0) is 14.3 Å². The fourth-order valence-corrected chi connectivity index (χ4v) is 10.3. The molecule has 5 N–H and O–H groups in total. The van der Waals surface area contributed by atoms with Gasteiger partial charge in [-0.3, -0.25) is 9.59 Å². The predicted molar refractivity (Wildman–Crippen MR) is 229 cm³/mol. The average molecular weight is 845 g/mol. The van der Waals surface area contributed by atoms with E-state index in [0.717, 1.165) is 63.0 Å². The highest BCUT2D eigenvalue weighted by molar-refractivity contribution is 7.27. The zero-order valence-corrected chi connectivity index (χ0v) is 34.9. The lowest BCUT2D eigenvalue weighted by atomic mass is 10.0. The molecule has 4 amide bonds. The summed E-state index contributed by atoms with van der Waals surface area (Å²) in [6.45, 7) is 4.75. The summed E-state index contributed by atoms with van der Waals surface area (Å²) < 4.78 is 7.08. The second-order valence-corrected chi connectivity index (χ2v) is 16.9. The van der Waals surface area contributed by atoms with Crippen molar-refractivity contribution in [2.45, 2.75) is 63.7 Å². The molecule has 0 aliphatic carbocycles. The predicted octanol–water partition coefficient (Wildman–Crippen LogP) is 7.86. The van der Waals surface area contributed by atoms with Crippen molar-refractivity contribution in [3.63, 3.8) is 0 Å². The molecule has 308 valence electrons. The van der Waals surface area contributed by atoms with Gasteiger partial charge in [-0.15, -0.1) is 22.7 Å². The molecule has 2 unspecified atom stereocenters. The first-order valence-corrected chi connectivity index (χ1v) is 21.6. The van der Waals surface area contributed by atoms with Gasteiger partial charge < -0.3 is 40.2 Å². The van der Waals surface area contributed by atoms with Gasteiger partial charge in [0.15, 0.2) is 0 Å². The quantitative estimate of drug-likeness (QED) is 0.0863. The van der Waals surface area contributed by atoms with E-state index in [0.29, 0.717) is 36.0 Å². The number of imidazole rings is 2. The van der Waals surface area contributed by atoms with Crippen LogP contribution in [0.3, 0.4) is 0 Å². The Morgan fingerprint density at radius 3 is 2.15 bits per heavy atom. The maximum absolute atomic E-state index is 13.9. The minimum absolute atomic E-state index is 0.190. The Morgan fingerprint density at radius 2 is 1.47 bits per heavy atom. The van der Waals surface area contributed by atoms with Crippen LogP contribution in [0.25, 0.3) is 31.8 Å². The summed E-state index contributed by atoms with van der Waals surface area (Å²) in [6.07, 6.45) is 4.68. The van der Waals surface area contributed by atoms with Crippen molar-refractivity contribution >= 4 is 56.1 Å². The standard InChI is InChI=1S/C44H44N8O6S2/c1-25(2)35(49-43(55)56)41(53)51-19-8-12-34(51)40-46-22-32(48-40)27-15-13-26(14-16-27)31-24-60-37-29(23-59-38(31)37)17-18-30-21-45-39(47-30)33-11-7-20-52(33)42(54)36(50-44(57)58-3)28-9-5-4-6-10-28/h4-6,9-10,13-16,21-25,33-36,49H,7-8,11-12,19-20H2,1-3H3,(H,45,47)(H,46,48)(H,50,57)(H,55,56)/t33?,34?,35-,36+/m0/s1. The molecule has 6 aromatic rings. The molecule has 4 atom stereocenters. The summed E-state index contributed by atoms with van der Waals surface area (Å²) in [6, 6.07) is 15.2. The Bertz CT molecular complexity index is 2580. The van der Waals surface area contributed by atoms with Crippen LogP contribution < -0.4 is 10.6 Å². The van der Waals surface area contributed by atoms with Crippen molar-refractivity contribution in [3.8, 4) is 34.2 Å². The van der Waals surface area contributed by atoms with Crippen molar-refractivity contribution < 1.29 is 29.0 Å². The highest BCUT2D eigenvalue weighted by Gasteiger charge is 2.38. The molecule has 2 aliphatic heterocycles. The number of hydrogen-bond acceptors (Lipinski definition) is 9. The first kappa shape index (κ1) is 40.3. The van der Waals surface area contributed by atoms with Crippen molar-refractivity contribution in [1.82, 2.24) is 40.4 Å². The Morgan fingerprint density at radius 1 is 0.817 bits per heavy atom. The number of nitrogens with zero attached hydrogens (tertiary/aromatic N) is 4. The van der Waals surface area contributed by atoms with Gasteiger partial charge in [-0.1, -0.05) is 74.4 Å². The number of hydrogen-bond donors (Lipinski definition) is 5. The molecule has 0 radical (unpaired) electrons. The summed E-state index contributed by atoms with van der Waals surface area (Å²) in [5.41, 5.74) is 6.25. The lowest BCUT2D eigenvalue weighted by molar-refractivity contribution is -0.135. The number of fused-ring (bicyclic) bond motifs is 1. The van der Waals surface area contributed by atoms with Crippen LogP contribution in [0.4, 0.5) is 9.59 Å². The summed E-state index contributed by atoms with van der Waals surface area (Å²) in [5.74, 6) is 7.27. The number of rotatable bonds is 10. The number of methoxy groups -OCH3 is 1. The number of carbonyl (C=O) groups excluding carboxylic acids is 3. The second kappa shape index (κ2) is 17.4. The van der Waals surface area contributed by atoms with Crippen molar-refractivity contribution in [2.75, 3.05) is 20.2 Å². The molecule has 4 aromatic heterocycles. The van der Waals surface area contributed by atoms with Crippen LogP contribution in [0.15, 0.2) is 77.8 Å². The highest BCUT2D eigenvalue weighted by Crippen LogP contribution is 2.41. The minimum Gasteiger partial charge on any atom is -0.465 e. The summed E-state index contributed by atoms with van der Waals surface area (Å²) in [5, 5.41) is 18.6. The van der Waals surface area contributed by atoms with Crippen molar-refractivity contribution in [1.29, 1.82) is 0 Å².